The second kappa shape index (κ2) is 13.4. The van der Waals surface area contributed by atoms with Gasteiger partial charge in [-0.2, -0.15) is 0 Å². The van der Waals surface area contributed by atoms with Crippen LogP contribution >= 0.6 is 0 Å². The minimum atomic E-state index is -1.14. The summed E-state index contributed by atoms with van der Waals surface area (Å²) in [5.74, 6) is -2.70. The lowest BCUT2D eigenvalue weighted by molar-refractivity contribution is 0.0789. The number of nitrogens with zero attached hydrogens (tertiary/aromatic N) is 1. The van der Waals surface area contributed by atoms with Crippen LogP contribution in [-0.2, 0) is 18.4 Å². The Morgan fingerprint density at radius 3 is 2.33 bits per heavy atom. The lowest BCUT2D eigenvalue weighted by Gasteiger charge is -2.31. The second-order valence-corrected chi connectivity index (χ2v) is 11.4. The van der Waals surface area contributed by atoms with E-state index in [-0.39, 0.29) is 41.3 Å². The van der Waals surface area contributed by atoms with E-state index in [1.807, 2.05) is 32.0 Å². The van der Waals surface area contributed by atoms with Crippen LogP contribution in [0.2, 0.25) is 0 Å². The van der Waals surface area contributed by atoms with E-state index < -0.39 is 35.2 Å². The third-order valence-electron chi connectivity index (χ3n) is 7.85. The van der Waals surface area contributed by atoms with Gasteiger partial charge in [-0.25, -0.2) is 8.78 Å². The first kappa shape index (κ1) is 31.1. The maximum absolute atomic E-state index is 14.0. The molecule has 3 aromatic carbocycles. The summed E-state index contributed by atoms with van der Waals surface area (Å²) in [6.07, 6.45) is 1.45. The van der Waals surface area contributed by atoms with E-state index in [2.05, 4.69) is 23.6 Å². The zero-order valence-electron chi connectivity index (χ0n) is 24.3. The molecule has 1 heterocycles. The lowest BCUT2D eigenvalue weighted by Crippen LogP contribution is -2.51. The van der Waals surface area contributed by atoms with E-state index in [0.717, 1.165) is 43.0 Å². The van der Waals surface area contributed by atoms with Gasteiger partial charge in [0, 0.05) is 36.8 Å². The summed E-state index contributed by atoms with van der Waals surface area (Å²) < 4.78 is 28.0. The molecule has 2 amide bonds. The Kier molecular flexibility index (Phi) is 9.96. The molecule has 4 N–H and O–H groups in total. The van der Waals surface area contributed by atoms with E-state index in [0.29, 0.717) is 13.1 Å². The number of likely N-dealkylation sites (tertiary alicyclic amines) is 1. The number of phenols is 1. The summed E-state index contributed by atoms with van der Waals surface area (Å²) in [4.78, 5) is 27.9. The highest BCUT2D eigenvalue weighted by Crippen LogP contribution is 2.24. The predicted octanol–water partition coefficient (Wildman–Crippen LogP) is 4.70. The molecule has 0 bridgehead atoms. The number of aromatic hydroxyl groups is 1. The number of rotatable bonds is 11. The van der Waals surface area contributed by atoms with Gasteiger partial charge >= 0.3 is 0 Å². The average molecular weight is 580 g/mol. The highest BCUT2D eigenvalue weighted by Gasteiger charge is 2.28. The van der Waals surface area contributed by atoms with Crippen molar-refractivity contribution in [1.82, 2.24) is 15.5 Å². The fourth-order valence-corrected chi connectivity index (χ4v) is 5.24. The van der Waals surface area contributed by atoms with E-state index in [1.165, 1.54) is 23.8 Å². The number of nitrogens with one attached hydrogen (secondary N) is 2. The summed E-state index contributed by atoms with van der Waals surface area (Å²) in [5.41, 5.74) is 2.09. The fraction of sp³-hybridized carbons (Fsp3) is 0.394. The van der Waals surface area contributed by atoms with Crippen molar-refractivity contribution in [2.45, 2.75) is 64.1 Å². The minimum Gasteiger partial charge on any atom is -0.507 e. The number of carbonyl (C=O) groups is 2. The SMILES string of the molecule is CCc1cccc(C(C)(C)NC[C@H](O)[C@H](Cc2cc(F)cc(F)c2)NC(=O)c2ccc(O)c(C(=O)N3CCCC3)c2)c1. The van der Waals surface area contributed by atoms with Crippen LogP contribution in [0.15, 0.2) is 60.7 Å². The number of halogens is 2. The molecule has 0 aliphatic carbocycles. The summed E-state index contributed by atoms with van der Waals surface area (Å²) in [6.45, 7) is 7.28. The van der Waals surface area contributed by atoms with Crippen molar-refractivity contribution in [1.29, 1.82) is 0 Å². The second-order valence-electron chi connectivity index (χ2n) is 11.4. The molecule has 0 unspecified atom stereocenters. The Hall–Kier alpha value is -3.82. The molecule has 42 heavy (non-hydrogen) atoms. The first-order valence-corrected chi connectivity index (χ1v) is 14.4. The Morgan fingerprint density at radius 2 is 1.67 bits per heavy atom. The quantitative estimate of drug-likeness (QED) is 0.264. The largest absolute Gasteiger partial charge is 0.507 e. The molecule has 1 saturated heterocycles. The van der Waals surface area contributed by atoms with Crippen LogP contribution in [0.5, 0.6) is 5.75 Å². The molecule has 224 valence electrons. The highest BCUT2D eigenvalue weighted by atomic mass is 19.1. The summed E-state index contributed by atoms with van der Waals surface area (Å²) >= 11 is 0. The first-order chi connectivity index (χ1) is 20.0. The van der Waals surface area contributed by atoms with Crippen LogP contribution < -0.4 is 10.6 Å². The van der Waals surface area contributed by atoms with Gasteiger partial charge in [0.25, 0.3) is 11.8 Å². The van der Waals surface area contributed by atoms with Crippen molar-refractivity contribution in [3.63, 3.8) is 0 Å². The number of hydrogen-bond acceptors (Lipinski definition) is 5. The normalized spacial score (nSPS) is 15.0. The molecule has 0 spiro atoms. The minimum absolute atomic E-state index is 0.0200. The van der Waals surface area contributed by atoms with Crippen LogP contribution in [-0.4, -0.2) is 58.7 Å². The number of aryl methyl sites for hydroxylation is 1. The van der Waals surface area contributed by atoms with E-state index in [1.54, 1.807) is 4.90 Å². The zero-order chi connectivity index (χ0) is 30.4. The molecule has 0 aromatic heterocycles. The van der Waals surface area contributed by atoms with Crippen molar-refractivity contribution >= 4 is 11.8 Å². The van der Waals surface area contributed by atoms with Crippen molar-refractivity contribution in [3.05, 3.63) is 100 Å². The molecule has 2 atom stereocenters. The van der Waals surface area contributed by atoms with Gasteiger partial charge in [-0.15, -0.1) is 0 Å². The summed E-state index contributed by atoms with van der Waals surface area (Å²) in [6, 6.07) is 14.3. The van der Waals surface area contributed by atoms with Crippen LogP contribution in [0.1, 0.15) is 71.0 Å². The molecule has 9 heteroatoms. The first-order valence-electron chi connectivity index (χ1n) is 14.4. The van der Waals surface area contributed by atoms with Crippen LogP contribution in [0.3, 0.4) is 0 Å². The number of hydrogen-bond donors (Lipinski definition) is 4. The zero-order valence-corrected chi connectivity index (χ0v) is 24.3. The maximum atomic E-state index is 14.0. The number of amides is 2. The summed E-state index contributed by atoms with van der Waals surface area (Å²) in [5, 5.41) is 27.8. The van der Waals surface area contributed by atoms with Gasteiger partial charge in [0.1, 0.15) is 17.4 Å². The van der Waals surface area contributed by atoms with Crippen molar-refractivity contribution in [3.8, 4) is 5.75 Å². The molecule has 1 fully saturated rings. The van der Waals surface area contributed by atoms with E-state index >= 15 is 0 Å². The van der Waals surface area contributed by atoms with Gasteiger partial charge in [0.15, 0.2) is 0 Å². The number of aliphatic hydroxyl groups excluding tert-OH is 1. The molecule has 0 radical (unpaired) electrons. The lowest BCUT2D eigenvalue weighted by atomic mass is 9.91. The number of carbonyl (C=O) groups excluding carboxylic acids is 2. The van der Waals surface area contributed by atoms with Crippen molar-refractivity contribution in [2.24, 2.45) is 0 Å². The predicted molar refractivity (Wildman–Crippen MR) is 157 cm³/mol. The standard InChI is InChI=1S/C33H39F2N3O4/c1-4-21-8-7-9-24(14-21)33(2,3)36-20-30(40)28(17-22-15-25(34)19-26(35)16-22)37-31(41)23-10-11-29(39)27(18-23)32(42)38-12-5-6-13-38/h7-11,14-16,18-19,28,30,36,39-40H,4-6,12-13,17,20H2,1-3H3,(H,37,41)/t28-,30-/m0/s1. The van der Waals surface area contributed by atoms with Gasteiger partial charge in [-0.05, 0) is 86.6 Å². The Bertz CT molecular complexity index is 1400. The van der Waals surface area contributed by atoms with E-state index in [9.17, 15) is 28.6 Å². The third-order valence-corrected chi connectivity index (χ3v) is 7.85. The maximum Gasteiger partial charge on any atom is 0.257 e. The molecule has 7 nitrogen and oxygen atoms in total. The molecule has 3 aromatic rings. The van der Waals surface area contributed by atoms with Crippen LogP contribution in [0, 0.1) is 11.6 Å². The van der Waals surface area contributed by atoms with Gasteiger partial charge in [-0.3, -0.25) is 9.59 Å². The van der Waals surface area contributed by atoms with Crippen molar-refractivity contribution < 1.29 is 28.6 Å². The van der Waals surface area contributed by atoms with Gasteiger partial charge < -0.3 is 25.7 Å². The third kappa shape index (κ3) is 7.72. The molecular formula is C33H39F2N3O4. The van der Waals surface area contributed by atoms with Crippen LogP contribution in [0.4, 0.5) is 8.78 Å². The molecule has 1 aliphatic heterocycles. The number of phenolic OH excluding ortho intramolecular Hbond substituents is 1. The fourth-order valence-electron chi connectivity index (χ4n) is 5.24. The van der Waals surface area contributed by atoms with Gasteiger partial charge in [0.2, 0.25) is 0 Å². The van der Waals surface area contributed by atoms with Crippen LogP contribution in [0.25, 0.3) is 0 Å². The molecule has 4 rings (SSSR count). The average Bonchev–Trinajstić information content (AvgIpc) is 3.50. The molecular weight excluding hydrogens is 540 g/mol. The number of benzene rings is 3. The monoisotopic (exact) mass is 579 g/mol. The Balaban J connectivity index is 1.54. The molecule has 0 saturated carbocycles. The van der Waals surface area contributed by atoms with Crippen molar-refractivity contribution in [2.75, 3.05) is 19.6 Å². The highest BCUT2D eigenvalue weighted by molar-refractivity contribution is 6.01. The smallest absolute Gasteiger partial charge is 0.257 e. The Labute approximate surface area is 245 Å². The molecule has 1 aliphatic rings. The summed E-state index contributed by atoms with van der Waals surface area (Å²) in [7, 11) is 0. The van der Waals surface area contributed by atoms with E-state index in [4.69, 9.17) is 0 Å². The number of aliphatic hydroxyl groups is 1. The van der Waals surface area contributed by atoms with Gasteiger partial charge in [0.05, 0.1) is 17.7 Å². The topological polar surface area (TPSA) is 102 Å². The van der Waals surface area contributed by atoms with Gasteiger partial charge in [-0.1, -0.05) is 31.2 Å². The Morgan fingerprint density at radius 1 is 0.976 bits per heavy atom.